The molecule has 0 atom stereocenters. The zero-order chi connectivity index (χ0) is 15.2. The first kappa shape index (κ1) is 14.9. The molecule has 0 aliphatic carbocycles. The molecule has 0 unspecified atom stereocenters. The predicted octanol–water partition coefficient (Wildman–Crippen LogP) is 1.75. The van der Waals surface area contributed by atoms with Crippen molar-refractivity contribution in [1.82, 2.24) is 9.97 Å². The topological polar surface area (TPSA) is 88.7 Å². The number of hydrogen-bond acceptors (Lipinski definition) is 7. The van der Waals surface area contributed by atoms with Crippen LogP contribution in [0.15, 0.2) is 24.5 Å². The Morgan fingerprint density at radius 3 is 2.05 bits per heavy atom. The van der Waals surface area contributed by atoms with Crippen LogP contribution in [0.5, 0.6) is 28.9 Å². The lowest BCUT2D eigenvalue weighted by atomic mass is 10.2. The van der Waals surface area contributed by atoms with Gasteiger partial charge in [0.05, 0.1) is 39.4 Å². The lowest BCUT2D eigenvalue weighted by Gasteiger charge is -2.14. The molecule has 0 bridgehead atoms. The molecular formula is C14H17N3O4. The van der Waals surface area contributed by atoms with E-state index in [9.17, 15) is 0 Å². The average Bonchev–Trinajstić information content (AvgIpc) is 2.54. The van der Waals surface area contributed by atoms with Crippen molar-refractivity contribution in [2.24, 2.45) is 5.73 Å². The second-order valence-electron chi connectivity index (χ2n) is 4.01. The van der Waals surface area contributed by atoms with Crippen molar-refractivity contribution in [1.29, 1.82) is 0 Å². The SMILES string of the molecule is COc1cc(Oc2cnc(CN)cn2)cc(OC)c1OC. The van der Waals surface area contributed by atoms with E-state index in [2.05, 4.69) is 9.97 Å². The van der Waals surface area contributed by atoms with Crippen molar-refractivity contribution in [2.45, 2.75) is 6.54 Å². The van der Waals surface area contributed by atoms with Crippen LogP contribution in [0.3, 0.4) is 0 Å². The van der Waals surface area contributed by atoms with Crippen LogP contribution in [0.4, 0.5) is 0 Å². The zero-order valence-electron chi connectivity index (χ0n) is 12.1. The minimum absolute atomic E-state index is 0.331. The maximum atomic E-state index is 5.63. The molecule has 0 saturated carbocycles. The Kier molecular flexibility index (Phi) is 4.78. The Balaban J connectivity index is 2.30. The summed E-state index contributed by atoms with van der Waals surface area (Å²) in [5.74, 6) is 2.34. The van der Waals surface area contributed by atoms with Crippen LogP contribution in [0.25, 0.3) is 0 Å². The highest BCUT2D eigenvalue weighted by atomic mass is 16.5. The molecule has 0 aliphatic heterocycles. The molecule has 7 nitrogen and oxygen atoms in total. The van der Waals surface area contributed by atoms with E-state index in [1.807, 2.05) is 0 Å². The molecule has 0 spiro atoms. The summed E-state index contributed by atoms with van der Waals surface area (Å²) in [6, 6.07) is 3.36. The standard InChI is InChI=1S/C14H17N3O4/c1-18-11-4-10(5-12(19-2)14(11)20-3)21-13-8-16-9(6-15)7-17-13/h4-5,7-8H,6,15H2,1-3H3. The zero-order valence-corrected chi connectivity index (χ0v) is 12.1. The van der Waals surface area contributed by atoms with Crippen LogP contribution in [0.2, 0.25) is 0 Å². The van der Waals surface area contributed by atoms with Crippen LogP contribution in [-0.2, 0) is 6.54 Å². The molecule has 0 amide bonds. The number of nitrogens with two attached hydrogens (primary N) is 1. The van der Waals surface area contributed by atoms with E-state index in [1.165, 1.54) is 27.5 Å². The number of aromatic nitrogens is 2. The van der Waals surface area contributed by atoms with Crippen molar-refractivity contribution < 1.29 is 18.9 Å². The quantitative estimate of drug-likeness (QED) is 0.867. The lowest BCUT2D eigenvalue weighted by Crippen LogP contribution is -2.01. The van der Waals surface area contributed by atoms with Gasteiger partial charge in [-0.3, -0.25) is 4.98 Å². The summed E-state index contributed by atoms with van der Waals surface area (Å²) in [5.41, 5.74) is 6.16. The smallest absolute Gasteiger partial charge is 0.237 e. The lowest BCUT2D eigenvalue weighted by molar-refractivity contribution is 0.320. The number of nitrogens with zero attached hydrogens (tertiary/aromatic N) is 2. The maximum Gasteiger partial charge on any atom is 0.237 e. The molecule has 1 aromatic heterocycles. The van der Waals surface area contributed by atoms with Crippen molar-refractivity contribution in [3.8, 4) is 28.9 Å². The third-order valence-electron chi connectivity index (χ3n) is 2.75. The van der Waals surface area contributed by atoms with E-state index in [0.717, 1.165) is 0 Å². The summed E-state index contributed by atoms with van der Waals surface area (Å²) in [4.78, 5) is 8.23. The molecule has 112 valence electrons. The van der Waals surface area contributed by atoms with Crippen LogP contribution in [-0.4, -0.2) is 31.3 Å². The molecule has 1 heterocycles. The molecule has 0 saturated heterocycles. The van der Waals surface area contributed by atoms with Gasteiger partial charge in [-0.25, -0.2) is 4.98 Å². The minimum Gasteiger partial charge on any atom is -0.493 e. The van der Waals surface area contributed by atoms with Gasteiger partial charge in [-0.2, -0.15) is 0 Å². The molecule has 0 aliphatic rings. The molecule has 2 N–H and O–H groups in total. The fourth-order valence-electron chi connectivity index (χ4n) is 1.74. The van der Waals surface area contributed by atoms with Gasteiger partial charge in [0, 0.05) is 18.7 Å². The monoisotopic (exact) mass is 291 g/mol. The van der Waals surface area contributed by atoms with Gasteiger partial charge in [0.15, 0.2) is 11.5 Å². The molecule has 7 heteroatoms. The van der Waals surface area contributed by atoms with Crippen molar-refractivity contribution in [3.63, 3.8) is 0 Å². The van der Waals surface area contributed by atoms with E-state index >= 15 is 0 Å². The largest absolute Gasteiger partial charge is 0.493 e. The minimum atomic E-state index is 0.331. The first-order valence-corrected chi connectivity index (χ1v) is 6.20. The van der Waals surface area contributed by atoms with E-state index in [4.69, 9.17) is 24.7 Å². The van der Waals surface area contributed by atoms with Gasteiger partial charge in [-0.15, -0.1) is 0 Å². The predicted molar refractivity (Wildman–Crippen MR) is 76.1 cm³/mol. The van der Waals surface area contributed by atoms with E-state index in [-0.39, 0.29) is 0 Å². The average molecular weight is 291 g/mol. The number of benzene rings is 1. The molecule has 0 fully saturated rings. The summed E-state index contributed by atoms with van der Waals surface area (Å²) >= 11 is 0. The number of methoxy groups -OCH3 is 3. The highest BCUT2D eigenvalue weighted by molar-refractivity contribution is 5.56. The fraction of sp³-hybridized carbons (Fsp3) is 0.286. The molecular weight excluding hydrogens is 274 g/mol. The van der Waals surface area contributed by atoms with Crippen LogP contribution < -0.4 is 24.7 Å². The molecule has 21 heavy (non-hydrogen) atoms. The highest BCUT2D eigenvalue weighted by Crippen LogP contribution is 2.41. The van der Waals surface area contributed by atoms with E-state index in [0.29, 0.717) is 41.1 Å². The Bertz CT molecular complexity index is 577. The number of rotatable bonds is 6. The van der Waals surface area contributed by atoms with Gasteiger partial charge < -0.3 is 24.7 Å². The summed E-state index contributed by atoms with van der Waals surface area (Å²) in [6.07, 6.45) is 3.07. The number of ether oxygens (including phenoxy) is 4. The van der Waals surface area contributed by atoms with Gasteiger partial charge in [0.25, 0.3) is 0 Å². The van der Waals surface area contributed by atoms with Gasteiger partial charge in [0.2, 0.25) is 11.6 Å². The first-order valence-electron chi connectivity index (χ1n) is 6.20. The summed E-state index contributed by atoms with van der Waals surface area (Å²) < 4.78 is 21.4. The second kappa shape index (κ2) is 6.76. The second-order valence-corrected chi connectivity index (χ2v) is 4.01. The Morgan fingerprint density at radius 1 is 0.952 bits per heavy atom. The van der Waals surface area contributed by atoms with Gasteiger partial charge in [-0.05, 0) is 0 Å². The van der Waals surface area contributed by atoms with Crippen LogP contribution in [0.1, 0.15) is 5.69 Å². The summed E-state index contributed by atoms with van der Waals surface area (Å²) in [7, 11) is 4.62. The third-order valence-corrected chi connectivity index (χ3v) is 2.75. The highest BCUT2D eigenvalue weighted by Gasteiger charge is 2.14. The molecule has 2 aromatic rings. The normalized spacial score (nSPS) is 10.1. The third kappa shape index (κ3) is 3.32. The van der Waals surface area contributed by atoms with Crippen molar-refractivity contribution in [3.05, 3.63) is 30.2 Å². The number of hydrogen-bond donors (Lipinski definition) is 1. The van der Waals surface area contributed by atoms with Gasteiger partial charge in [-0.1, -0.05) is 0 Å². The van der Waals surface area contributed by atoms with Crippen LogP contribution >= 0.6 is 0 Å². The van der Waals surface area contributed by atoms with E-state index in [1.54, 1.807) is 18.3 Å². The Hall–Kier alpha value is -2.54. The summed E-state index contributed by atoms with van der Waals surface area (Å²) in [5, 5.41) is 0. The van der Waals surface area contributed by atoms with E-state index < -0.39 is 0 Å². The molecule has 0 radical (unpaired) electrons. The Morgan fingerprint density at radius 2 is 1.62 bits per heavy atom. The van der Waals surface area contributed by atoms with Crippen LogP contribution in [0, 0.1) is 0 Å². The maximum absolute atomic E-state index is 5.63. The first-order chi connectivity index (χ1) is 10.2. The van der Waals surface area contributed by atoms with Crippen molar-refractivity contribution in [2.75, 3.05) is 21.3 Å². The Labute approximate surface area is 122 Å². The summed E-state index contributed by atoms with van der Waals surface area (Å²) in [6.45, 7) is 0.331. The molecule has 2 rings (SSSR count). The van der Waals surface area contributed by atoms with Gasteiger partial charge in [0.1, 0.15) is 5.75 Å². The fourth-order valence-corrected chi connectivity index (χ4v) is 1.74. The molecule has 1 aromatic carbocycles. The van der Waals surface area contributed by atoms with Crippen molar-refractivity contribution >= 4 is 0 Å². The van der Waals surface area contributed by atoms with Gasteiger partial charge >= 0.3 is 0 Å².